The van der Waals surface area contributed by atoms with E-state index in [1.165, 1.54) is 12.4 Å². The van der Waals surface area contributed by atoms with Gasteiger partial charge in [0.2, 0.25) is 11.6 Å². The van der Waals surface area contributed by atoms with Crippen LogP contribution in [0.3, 0.4) is 0 Å². The molecule has 0 aliphatic carbocycles. The summed E-state index contributed by atoms with van der Waals surface area (Å²) >= 11 is 0. The Labute approximate surface area is 104 Å². The summed E-state index contributed by atoms with van der Waals surface area (Å²) in [5.74, 6) is -1.08. The highest BCUT2D eigenvalue weighted by atomic mass is 16.5. The first-order valence-electron chi connectivity index (χ1n) is 5.48. The first kappa shape index (κ1) is 12.0. The van der Waals surface area contributed by atoms with Crippen molar-refractivity contribution in [1.29, 1.82) is 0 Å². The highest BCUT2D eigenvalue weighted by Crippen LogP contribution is 2.11. The van der Waals surface area contributed by atoms with Crippen LogP contribution in [0.25, 0.3) is 0 Å². The lowest BCUT2D eigenvalue weighted by Gasteiger charge is -2.06. The molecule has 0 fully saturated rings. The Morgan fingerprint density at radius 1 is 1.17 bits per heavy atom. The van der Waals surface area contributed by atoms with Crippen LogP contribution in [0, 0.1) is 0 Å². The normalized spacial score (nSPS) is 10.0. The lowest BCUT2D eigenvalue weighted by Crippen LogP contribution is -2.09. The van der Waals surface area contributed by atoms with E-state index in [1.54, 1.807) is 0 Å². The summed E-state index contributed by atoms with van der Waals surface area (Å²) in [6.45, 7) is 0.364. The number of nitrogens with zero attached hydrogens (tertiary/aromatic N) is 2. The van der Waals surface area contributed by atoms with Crippen molar-refractivity contribution < 1.29 is 14.6 Å². The molecule has 0 atom stereocenters. The Morgan fingerprint density at radius 3 is 2.61 bits per heavy atom. The van der Waals surface area contributed by atoms with E-state index in [0.717, 1.165) is 5.56 Å². The van der Waals surface area contributed by atoms with Gasteiger partial charge in [0.1, 0.15) is 0 Å². The number of carbonyl (C=O) groups is 1. The van der Waals surface area contributed by atoms with Crippen LogP contribution in [-0.2, 0) is 6.42 Å². The Bertz CT molecular complexity index is 529. The van der Waals surface area contributed by atoms with E-state index in [9.17, 15) is 4.79 Å². The first-order chi connectivity index (χ1) is 8.77. The summed E-state index contributed by atoms with van der Waals surface area (Å²) in [5.41, 5.74) is 0.962. The van der Waals surface area contributed by atoms with Gasteiger partial charge in [0.05, 0.1) is 6.61 Å². The van der Waals surface area contributed by atoms with E-state index in [1.807, 2.05) is 30.3 Å². The van der Waals surface area contributed by atoms with Crippen LogP contribution in [0.2, 0.25) is 0 Å². The summed E-state index contributed by atoms with van der Waals surface area (Å²) in [6, 6.07) is 9.80. The van der Waals surface area contributed by atoms with Crippen molar-refractivity contribution in [3.63, 3.8) is 0 Å². The maximum absolute atomic E-state index is 10.9. The Kier molecular flexibility index (Phi) is 3.86. The molecule has 1 aromatic heterocycles. The zero-order valence-electron chi connectivity index (χ0n) is 9.61. The second kappa shape index (κ2) is 5.77. The highest BCUT2D eigenvalue weighted by molar-refractivity contribution is 5.87. The summed E-state index contributed by atoms with van der Waals surface area (Å²) < 4.78 is 5.35. The number of carboxylic acid groups (broad SMARTS) is 1. The van der Waals surface area contributed by atoms with Crippen LogP contribution in [0.5, 0.6) is 5.88 Å². The van der Waals surface area contributed by atoms with Gasteiger partial charge in [-0.25, -0.2) is 14.8 Å². The minimum Gasteiger partial charge on any atom is -0.476 e. The zero-order valence-corrected chi connectivity index (χ0v) is 9.61. The van der Waals surface area contributed by atoms with Crippen LogP contribution >= 0.6 is 0 Å². The lowest BCUT2D eigenvalue weighted by atomic mass is 10.2. The summed E-state index contributed by atoms with van der Waals surface area (Å²) in [4.78, 5) is 18.5. The number of aromatic nitrogens is 2. The van der Waals surface area contributed by atoms with Crippen molar-refractivity contribution >= 4 is 5.97 Å². The molecule has 2 aromatic rings. The molecule has 1 N–H and O–H groups in total. The number of rotatable bonds is 5. The molecule has 0 saturated carbocycles. The molecule has 5 heteroatoms. The Balaban J connectivity index is 1.97. The number of carboxylic acids is 1. The Hall–Kier alpha value is -2.43. The third-order valence-electron chi connectivity index (χ3n) is 2.34. The fraction of sp³-hybridized carbons (Fsp3) is 0.154. The maximum atomic E-state index is 10.9. The van der Waals surface area contributed by atoms with Crippen molar-refractivity contribution in [2.45, 2.75) is 6.42 Å². The molecule has 0 bridgehead atoms. The largest absolute Gasteiger partial charge is 0.476 e. The highest BCUT2D eigenvalue weighted by Gasteiger charge is 2.13. The zero-order chi connectivity index (χ0) is 12.8. The molecule has 0 aliphatic rings. The van der Waals surface area contributed by atoms with E-state index in [2.05, 4.69) is 9.97 Å². The number of ether oxygens (including phenoxy) is 1. The van der Waals surface area contributed by atoms with E-state index in [0.29, 0.717) is 13.0 Å². The van der Waals surface area contributed by atoms with E-state index < -0.39 is 5.97 Å². The van der Waals surface area contributed by atoms with Gasteiger partial charge in [0, 0.05) is 18.8 Å². The minimum absolute atomic E-state index is 0.0564. The second-order valence-electron chi connectivity index (χ2n) is 3.60. The van der Waals surface area contributed by atoms with Crippen molar-refractivity contribution in [2.24, 2.45) is 0 Å². The summed E-state index contributed by atoms with van der Waals surface area (Å²) in [5, 5.41) is 8.90. The molecule has 0 aliphatic heterocycles. The van der Waals surface area contributed by atoms with Gasteiger partial charge in [-0.3, -0.25) is 0 Å². The third kappa shape index (κ3) is 3.04. The smallest absolute Gasteiger partial charge is 0.360 e. The lowest BCUT2D eigenvalue weighted by molar-refractivity contribution is 0.0684. The van der Waals surface area contributed by atoms with Crippen molar-refractivity contribution in [3.8, 4) is 5.88 Å². The Morgan fingerprint density at radius 2 is 1.89 bits per heavy atom. The van der Waals surface area contributed by atoms with E-state index in [4.69, 9.17) is 9.84 Å². The fourth-order valence-corrected chi connectivity index (χ4v) is 1.49. The molecular weight excluding hydrogens is 232 g/mol. The van der Waals surface area contributed by atoms with Crippen LogP contribution in [0.15, 0.2) is 42.7 Å². The SMILES string of the molecule is O=C(O)c1nccnc1OCCc1ccccc1. The van der Waals surface area contributed by atoms with Crippen molar-refractivity contribution in [1.82, 2.24) is 9.97 Å². The van der Waals surface area contributed by atoms with Crippen LogP contribution in [0.4, 0.5) is 0 Å². The number of aromatic carboxylic acids is 1. The first-order valence-corrected chi connectivity index (χ1v) is 5.48. The molecule has 5 nitrogen and oxygen atoms in total. The molecule has 0 amide bonds. The average molecular weight is 244 g/mol. The molecule has 18 heavy (non-hydrogen) atoms. The van der Waals surface area contributed by atoms with Gasteiger partial charge in [-0.2, -0.15) is 0 Å². The molecule has 0 spiro atoms. The number of benzene rings is 1. The molecule has 1 aromatic carbocycles. The molecule has 0 unspecified atom stereocenters. The summed E-state index contributed by atoms with van der Waals surface area (Å²) in [7, 11) is 0. The summed E-state index contributed by atoms with van der Waals surface area (Å²) in [6.07, 6.45) is 3.42. The molecule has 0 saturated heterocycles. The third-order valence-corrected chi connectivity index (χ3v) is 2.34. The molecular formula is C13H12N2O3. The topological polar surface area (TPSA) is 72.3 Å². The van der Waals surface area contributed by atoms with E-state index in [-0.39, 0.29) is 11.6 Å². The van der Waals surface area contributed by atoms with Crippen molar-refractivity contribution in [3.05, 3.63) is 54.0 Å². The molecule has 92 valence electrons. The van der Waals surface area contributed by atoms with Gasteiger partial charge in [-0.05, 0) is 5.56 Å². The minimum atomic E-state index is -1.14. The monoisotopic (exact) mass is 244 g/mol. The molecule has 2 rings (SSSR count). The van der Waals surface area contributed by atoms with Crippen LogP contribution in [-0.4, -0.2) is 27.7 Å². The van der Waals surface area contributed by atoms with Gasteiger partial charge in [-0.15, -0.1) is 0 Å². The van der Waals surface area contributed by atoms with E-state index >= 15 is 0 Å². The van der Waals surface area contributed by atoms with Gasteiger partial charge >= 0.3 is 5.97 Å². The quantitative estimate of drug-likeness (QED) is 0.868. The number of hydrogen-bond donors (Lipinski definition) is 1. The molecule has 0 radical (unpaired) electrons. The number of hydrogen-bond acceptors (Lipinski definition) is 4. The van der Waals surface area contributed by atoms with Crippen LogP contribution < -0.4 is 4.74 Å². The predicted octanol–water partition coefficient (Wildman–Crippen LogP) is 1.80. The average Bonchev–Trinajstić information content (AvgIpc) is 2.40. The second-order valence-corrected chi connectivity index (χ2v) is 3.60. The van der Waals surface area contributed by atoms with Gasteiger partial charge in [0.15, 0.2) is 0 Å². The maximum Gasteiger partial charge on any atom is 0.360 e. The van der Waals surface area contributed by atoms with Gasteiger partial charge in [0.25, 0.3) is 0 Å². The molecule has 1 heterocycles. The van der Waals surface area contributed by atoms with Crippen molar-refractivity contribution in [2.75, 3.05) is 6.61 Å². The fourth-order valence-electron chi connectivity index (χ4n) is 1.49. The van der Waals surface area contributed by atoms with Gasteiger partial charge < -0.3 is 9.84 Å². The van der Waals surface area contributed by atoms with Gasteiger partial charge in [-0.1, -0.05) is 30.3 Å². The standard InChI is InChI=1S/C13H12N2O3/c16-13(17)11-12(15-8-7-14-11)18-9-6-10-4-2-1-3-5-10/h1-5,7-8H,6,9H2,(H,16,17). The van der Waals surface area contributed by atoms with Crippen LogP contribution in [0.1, 0.15) is 16.1 Å². The predicted molar refractivity (Wildman–Crippen MR) is 64.6 cm³/mol.